The number of aliphatic hydroxyl groups excluding tert-OH is 1. The highest BCUT2D eigenvalue weighted by atomic mass is 19.3. The van der Waals surface area contributed by atoms with Gasteiger partial charge in [-0.25, -0.2) is 8.78 Å². The van der Waals surface area contributed by atoms with Crippen LogP contribution in [0.2, 0.25) is 0 Å². The fraction of sp³-hybridized carbons (Fsp3) is 0.750. The highest BCUT2D eigenvalue weighted by Crippen LogP contribution is 2.60. The summed E-state index contributed by atoms with van der Waals surface area (Å²) in [6.45, 7) is 10.5. The second kappa shape index (κ2) is 8.19. The molecule has 3 aliphatic rings. The maximum absolute atomic E-state index is 12.9. The Balaban J connectivity index is 1.76. The molecule has 3 heteroatoms. The van der Waals surface area contributed by atoms with Crippen molar-refractivity contribution in [3.05, 3.63) is 35.5 Å². The Kier molecular flexibility index (Phi) is 6.30. The molecule has 27 heavy (non-hydrogen) atoms. The normalized spacial score (nSPS) is 41.4. The smallest absolute Gasteiger partial charge is 0.238 e. The third-order valence-corrected chi connectivity index (χ3v) is 7.89. The van der Waals surface area contributed by atoms with Gasteiger partial charge in [0.2, 0.25) is 6.43 Å². The quantitative estimate of drug-likeness (QED) is 0.540. The van der Waals surface area contributed by atoms with Gasteiger partial charge in [-0.2, -0.15) is 0 Å². The summed E-state index contributed by atoms with van der Waals surface area (Å²) in [6, 6.07) is 0. The van der Waals surface area contributed by atoms with Crippen LogP contribution >= 0.6 is 0 Å². The summed E-state index contributed by atoms with van der Waals surface area (Å²) in [6.07, 6.45) is 9.34. The molecule has 3 rings (SSSR count). The van der Waals surface area contributed by atoms with Gasteiger partial charge in [-0.05, 0) is 79.6 Å². The molecular weight excluding hydrogens is 342 g/mol. The van der Waals surface area contributed by atoms with E-state index in [1.165, 1.54) is 17.6 Å². The van der Waals surface area contributed by atoms with Gasteiger partial charge in [0.05, 0.1) is 6.10 Å². The van der Waals surface area contributed by atoms with Crippen LogP contribution in [0.1, 0.15) is 72.1 Å². The molecule has 1 nitrogen and oxygen atoms in total. The zero-order chi connectivity index (χ0) is 19.8. The highest BCUT2D eigenvalue weighted by Gasteiger charge is 2.50. The second-order valence-corrected chi connectivity index (χ2v) is 9.67. The van der Waals surface area contributed by atoms with Crippen LogP contribution in [0, 0.1) is 29.1 Å². The molecule has 0 saturated heterocycles. The molecule has 0 aliphatic heterocycles. The van der Waals surface area contributed by atoms with Gasteiger partial charge in [-0.3, -0.25) is 0 Å². The molecule has 3 fully saturated rings. The van der Waals surface area contributed by atoms with Gasteiger partial charge in [0.25, 0.3) is 0 Å². The molecular formula is C24H36F2O. The lowest BCUT2D eigenvalue weighted by molar-refractivity contribution is 0.0522. The Labute approximate surface area is 163 Å². The van der Waals surface area contributed by atoms with E-state index < -0.39 is 12.5 Å². The van der Waals surface area contributed by atoms with E-state index in [0.717, 1.165) is 37.7 Å². The molecule has 0 aromatic rings. The maximum atomic E-state index is 12.9. The number of fused-ring (bicyclic) bond motifs is 1. The molecule has 0 aromatic carbocycles. The minimum Gasteiger partial charge on any atom is -0.388 e. The molecule has 1 N–H and O–H groups in total. The molecule has 0 unspecified atom stereocenters. The average molecular weight is 379 g/mol. The van der Waals surface area contributed by atoms with Crippen LogP contribution in [0.3, 0.4) is 0 Å². The van der Waals surface area contributed by atoms with E-state index in [0.29, 0.717) is 24.2 Å². The number of allylic oxidation sites excluding steroid dienone is 3. The van der Waals surface area contributed by atoms with Crippen LogP contribution in [-0.2, 0) is 0 Å². The average Bonchev–Trinajstić information content (AvgIpc) is 2.94. The van der Waals surface area contributed by atoms with Crippen LogP contribution in [0.25, 0.3) is 0 Å². The predicted octanol–water partition coefficient (Wildman–Crippen LogP) is 6.69. The van der Waals surface area contributed by atoms with Crippen LogP contribution in [0.4, 0.5) is 8.78 Å². The summed E-state index contributed by atoms with van der Waals surface area (Å²) >= 11 is 0. The van der Waals surface area contributed by atoms with Crippen molar-refractivity contribution >= 4 is 0 Å². The first-order chi connectivity index (χ1) is 12.7. The Morgan fingerprint density at radius 1 is 1.26 bits per heavy atom. The minimum absolute atomic E-state index is 0.0374. The third kappa shape index (κ3) is 4.23. The number of alkyl halides is 2. The van der Waals surface area contributed by atoms with E-state index in [-0.39, 0.29) is 17.8 Å². The van der Waals surface area contributed by atoms with E-state index in [9.17, 15) is 13.9 Å². The monoisotopic (exact) mass is 378 g/mol. The van der Waals surface area contributed by atoms with Gasteiger partial charge >= 0.3 is 0 Å². The van der Waals surface area contributed by atoms with E-state index in [1.807, 2.05) is 6.92 Å². The first kappa shape index (κ1) is 20.8. The first-order valence-electron chi connectivity index (χ1n) is 10.8. The fourth-order valence-electron chi connectivity index (χ4n) is 6.34. The molecule has 3 saturated carbocycles. The molecule has 0 aromatic heterocycles. The molecule has 0 radical (unpaired) electrons. The van der Waals surface area contributed by atoms with Crippen molar-refractivity contribution in [2.75, 3.05) is 0 Å². The predicted molar refractivity (Wildman–Crippen MR) is 108 cm³/mol. The highest BCUT2D eigenvalue weighted by molar-refractivity contribution is 5.29. The summed E-state index contributed by atoms with van der Waals surface area (Å²) in [5.41, 5.74) is 3.94. The van der Waals surface area contributed by atoms with Crippen molar-refractivity contribution in [2.24, 2.45) is 29.1 Å². The van der Waals surface area contributed by atoms with Crippen molar-refractivity contribution in [1.29, 1.82) is 0 Å². The molecule has 6 atom stereocenters. The van der Waals surface area contributed by atoms with Crippen LogP contribution in [-0.4, -0.2) is 17.6 Å². The Morgan fingerprint density at radius 2 is 2.00 bits per heavy atom. The minimum atomic E-state index is -2.19. The van der Waals surface area contributed by atoms with Gasteiger partial charge in [-0.15, -0.1) is 0 Å². The van der Waals surface area contributed by atoms with Crippen molar-refractivity contribution in [1.82, 2.24) is 0 Å². The zero-order valence-electron chi connectivity index (χ0n) is 17.2. The third-order valence-electron chi connectivity index (χ3n) is 7.89. The van der Waals surface area contributed by atoms with Gasteiger partial charge in [0.15, 0.2) is 0 Å². The van der Waals surface area contributed by atoms with Crippen molar-refractivity contribution in [2.45, 2.75) is 84.7 Å². The van der Waals surface area contributed by atoms with Crippen molar-refractivity contribution in [3.8, 4) is 0 Å². The number of hydrogen-bond donors (Lipinski definition) is 1. The lowest BCUT2D eigenvalue weighted by Crippen LogP contribution is -2.36. The van der Waals surface area contributed by atoms with Gasteiger partial charge in [0, 0.05) is 6.42 Å². The Hall–Kier alpha value is -0.960. The summed E-state index contributed by atoms with van der Waals surface area (Å²) in [5, 5.41) is 10.2. The SMILES string of the molecule is C=C1[C@H](C)C/C(=C\C=C2/CCC[C@]3(C)[C@@H]([C@@H](C)CC(F)F)CC[C@@H]23)C[C@H]1O. The molecule has 3 aliphatic carbocycles. The summed E-state index contributed by atoms with van der Waals surface area (Å²) in [5.74, 6) is 1.38. The number of rotatable bonds is 4. The summed E-state index contributed by atoms with van der Waals surface area (Å²) in [7, 11) is 0. The fourth-order valence-corrected chi connectivity index (χ4v) is 6.34. The van der Waals surface area contributed by atoms with Crippen LogP contribution in [0.15, 0.2) is 35.5 Å². The standard InChI is InChI=1S/C24H36F2O/c1-15-12-18(14-22(27)17(15)3)7-8-19-6-5-11-24(4)20(9-10-21(19)24)16(2)13-23(25)26/h7-8,15-16,20-23,27H,3,5-6,9-14H2,1-2,4H3/b18-7+,19-8+/t15-,16+,20-,21+,22-,24-/m1/s1. The van der Waals surface area contributed by atoms with E-state index in [4.69, 9.17) is 0 Å². The second-order valence-electron chi connectivity index (χ2n) is 9.67. The van der Waals surface area contributed by atoms with Gasteiger partial charge < -0.3 is 5.11 Å². The van der Waals surface area contributed by atoms with Crippen molar-refractivity contribution < 1.29 is 13.9 Å². The maximum Gasteiger partial charge on any atom is 0.238 e. The Bertz CT molecular complexity index is 604. The largest absolute Gasteiger partial charge is 0.388 e. The molecule has 0 heterocycles. The molecule has 0 bridgehead atoms. The molecule has 152 valence electrons. The van der Waals surface area contributed by atoms with Crippen molar-refractivity contribution in [3.63, 3.8) is 0 Å². The number of hydrogen-bond acceptors (Lipinski definition) is 1. The first-order valence-corrected chi connectivity index (χ1v) is 10.8. The summed E-state index contributed by atoms with van der Waals surface area (Å²) in [4.78, 5) is 0. The van der Waals surface area contributed by atoms with E-state index >= 15 is 0 Å². The molecule has 0 spiro atoms. The lowest BCUT2D eigenvalue weighted by atomic mass is 9.61. The topological polar surface area (TPSA) is 20.2 Å². The molecule has 0 amide bonds. The van der Waals surface area contributed by atoms with Gasteiger partial charge in [0.1, 0.15) is 0 Å². The van der Waals surface area contributed by atoms with Gasteiger partial charge in [-0.1, -0.05) is 50.6 Å². The van der Waals surface area contributed by atoms with Crippen LogP contribution in [0.5, 0.6) is 0 Å². The Morgan fingerprint density at radius 3 is 2.67 bits per heavy atom. The lowest BCUT2D eigenvalue weighted by Gasteiger charge is -2.44. The number of aliphatic hydroxyl groups is 1. The zero-order valence-corrected chi connectivity index (χ0v) is 17.2. The number of halogens is 2. The van der Waals surface area contributed by atoms with E-state index in [1.54, 1.807) is 0 Å². The van der Waals surface area contributed by atoms with E-state index in [2.05, 4.69) is 32.6 Å². The summed E-state index contributed by atoms with van der Waals surface area (Å²) < 4.78 is 25.9. The van der Waals surface area contributed by atoms with Crippen LogP contribution < -0.4 is 0 Å².